The molecule has 0 aliphatic carbocycles. The Balaban J connectivity index is 1.41. The lowest BCUT2D eigenvalue weighted by molar-refractivity contribution is 0.0641. The van der Waals surface area contributed by atoms with Crippen molar-refractivity contribution in [2.24, 2.45) is 5.92 Å². The van der Waals surface area contributed by atoms with E-state index in [1.165, 1.54) is 11.3 Å². The smallest absolute Gasteiger partial charge is 0.263 e. The van der Waals surface area contributed by atoms with Crippen molar-refractivity contribution in [3.63, 3.8) is 0 Å². The van der Waals surface area contributed by atoms with E-state index in [1.807, 2.05) is 64.9 Å². The minimum Gasteiger partial charge on any atom is -0.457 e. The summed E-state index contributed by atoms with van der Waals surface area (Å²) in [4.78, 5) is 28.1. The maximum absolute atomic E-state index is 12.9. The van der Waals surface area contributed by atoms with Gasteiger partial charge in [0.15, 0.2) is 5.78 Å². The van der Waals surface area contributed by atoms with E-state index in [0.717, 1.165) is 23.5 Å². The first-order valence-electron chi connectivity index (χ1n) is 9.40. The summed E-state index contributed by atoms with van der Waals surface area (Å²) in [5.41, 5.74) is 0.663. The highest BCUT2D eigenvalue weighted by Gasteiger charge is 2.29. The molecule has 1 saturated heterocycles. The van der Waals surface area contributed by atoms with Crippen LogP contribution in [0.1, 0.15) is 32.9 Å². The first kappa shape index (κ1) is 18.4. The molecule has 0 spiro atoms. The van der Waals surface area contributed by atoms with Crippen LogP contribution in [0.25, 0.3) is 0 Å². The zero-order chi connectivity index (χ0) is 19.3. The second-order valence-electron chi connectivity index (χ2n) is 6.87. The Bertz CT molecular complexity index is 936. The number of hydrogen-bond donors (Lipinski definition) is 0. The molecule has 1 fully saturated rings. The number of benzene rings is 2. The predicted molar refractivity (Wildman–Crippen MR) is 110 cm³/mol. The van der Waals surface area contributed by atoms with Crippen LogP contribution in [0.15, 0.2) is 72.1 Å². The van der Waals surface area contributed by atoms with Gasteiger partial charge in [-0.05, 0) is 60.7 Å². The Morgan fingerprint density at radius 3 is 2.39 bits per heavy atom. The molecule has 1 amide bonds. The fourth-order valence-electron chi connectivity index (χ4n) is 3.48. The van der Waals surface area contributed by atoms with Crippen LogP contribution in [0.4, 0.5) is 0 Å². The maximum Gasteiger partial charge on any atom is 0.263 e. The van der Waals surface area contributed by atoms with Gasteiger partial charge in [-0.1, -0.05) is 24.3 Å². The van der Waals surface area contributed by atoms with Crippen LogP contribution in [0, 0.1) is 5.92 Å². The average Bonchev–Trinajstić information content (AvgIpc) is 3.29. The van der Waals surface area contributed by atoms with Crippen LogP contribution >= 0.6 is 11.3 Å². The monoisotopic (exact) mass is 391 g/mol. The molecule has 1 aromatic heterocycles. The van der Waals surface area contributed by atoms with Gasteiger partial charge in [-0.15, -0.1) is 11.3 Å². The van der Waals surface area contributed by atoms with Gasteiger partial charge in [-0.3, -0.25) is 9.59 Å². The number of amides is 1. The number of likely N-dealkylation sites (tertiary alicyclic amines) is 1. The second kappa shape index (κ2) is 8.40. The molecule has 4 nitrogen and oxygen atoms in total. The molecule has 28 heavy (non-hydrogen) atoms. The van der Waals surface area contributed by atoms with Crippen molar-refractivity contribution >= 4 is 23.0 Å². The van der Waals surface area contributed by atoms with Crippen LogP contribution in [0.5, 0.6) is 11.5 Å². The van der Waals surface area contributed by atoms with Crippen LogP contribution in [0.3, 0.4) is 0 Å². The van der Waals surface area contributed by atoms with Gasteiger partial charge in [0.2, 0.25) is 0 Å². The molecule has 1 atom stereocenters. The highest BCUT2D eigenvalue weighted by Crippen LogP contribution is 2.26. The van der Waals surface area contributed by atoms with Crippen molar-refractivity contribution in [2.45, 2.75) is 12.8 Å². The molecule has 1 aliphatic heterocycles. The largest absolute Gasteiger partial charge is 0.457 e. The van der Waals surface area contributed by atoms with E-state index in [9.17, 15) is 9.59 Å². The molecule has 0 unspecified atom stereocenters. The number of thiophene rings is 1. The van der Waals surface area contributed by atoms with Gasteiger partial charge in [0.05, 0.1) is 4.88 Å². The zero-order valence-electron chi connectivity index (χ0n) is 15.4. The predicted octanol–water partition coefficient (Wildman–Crippen LogP) is 5.28. The third-order valence-corrected chi connectivity index (χ3v) is 5.79. The Morgan fingerprint density at radius 1 is 0.929 bits per heavy atom. The number of ketones is 1. The molecule has 2 aromatic carbocycles. The molecule has 5 heteroatoms. The van der Waals surface area contributed by atoms with E-state index in [0.29, 0.717) is 24.4 Å². The first-order chi connectivity index (χ1) is 13.7. The van der Waals surface area contributed by atoms with E-state index < -0.39 is 0 Å². The summed E-state index contributed by atoms with van der Waals surface area (Å²) in [7, 11) is 0. The Labute approximate surface area is 168 Å². The average molecular weight is 391 g/mol. The molecule has 0 bridgehead atoms. The summed E-state index contributed by atoms with van der Waals surface area (Å²) in [5, 5.41) is 1.90. The lowest BCUT2D eigenvalue weighted by atomic mass is 9.90. The van der Waals surface area contributed by atoms with Crippen molar-refractivity contribution in [1.29, 1.82) is 0 Å². The number of ether oxygens (including phenoxy) is 1. The van der Waals surface area contributed by atoms with Crippen molar-refractivity contribution in [3.05, 3.63) is 82.6 Å². The Morgan fingerprint density at radius 2 is 1.68 bits per heavy atom. The molecule has 0 radical (unpaired) electrons. The van der Waals surface area contributed by atoms with E-state index >= 15 is 0 Å². The highest BCUT2D eigenvalue weighted by atomic mass is 32.1. The van der Waals surface area contributed by atoms with Crippen LogP contribution < -0.4 is 4.74 Å². The minimum atomic E-state index is -0.154. The summed E-state index contributed by atoms with van der Waals surface area (Å²) in [6.07, 6.45) is 1.66. The van der Waals surface area contributed by atoms with Gasteiger partial charge < -0.3 is 9.64 Å². The summed E-state index contributed by atoms with van der Waals surface area (Å²) < 4.78 is 5.79. The fraction of sp³-hybridized carbons (Fsp3) is 0.217. The zero-order valence-corrected chi connectivity index (χ0v) is 16.2. The van der Waals surface area contributed by atoms with E-state index in [1.54, 1.807) is 12.1 Å². The normalized spacial score (nSPS) is 16.6. The fourth-order valence-corrected chi connectivity index (χ4v) is 4.17. The van der Waals surface area contributed by atoms with Gasteiger partial charge in [-0.25, -0.2) is 0 Å². The van der Waals surface area contributed by atoms with Gasteiger partial charge in [0.1, 0.15) is 11.5 Å². The third-order valence-electron chi connectivity index (χ3n) is 4.93. The van der Waals surface area contributed by atoms with E-state index in [4.69, 9.17) is 4.74 Å². The number of rotatable bonds is 5. The van der Waals surface area contributed by atoms with Gasteiger partial charge >= 0.3 is 0 Å². The van der Waals surface area contributed by atoms with Crippen LogP contribution in [-0.4, -0.2) is 29.7 Å². The summed E-state index contributed by atoms with van der Waals surface area (Å²) >= 11 is 1.44. The number of carbonyl (C=O) groups excluding carboxylic acids is 2. The lowest BCUT2D eigenvalue weighted by Crippen LogP contribution is -2.42. The van der Waals surface area contributed by atoms with Crippen LogP contribution in [-0.2, 0) is 0 Å². The number of para-hydroxylation sites is 1. The Kier molecular flexibility index (Phi) is 5.53. The van der Waals surface area contributed by atoms with E-state index in [-0.39, 0.29) is 17.6 Å². The topological polar surface area (TPSA) is 46.6 Å². The summed E-state index contributed by atoms with van der Waals surface area (Å²) in [6, 6.07) is 20.5. The standard InChI is InChI=1S/C23H21NO3S/c25-22(17-10-12-20(13-11-17)27-19-7-2-1-3-8-19)18-6-4-14-24(16-18)23(26)21-9-5-15-28-21/h1-3,5,7-13,15,18H,4,6,14,16H2/t18-/m0/s1. The van der Waals surface area contributed by atoms with Crippen molar-refractivity contribution in [2.75, 3.05) is 13.1 Å². The van der Waals surface area contributed by atoms with Crippen molar-refractivity contribution in [1.82, 2.24) is 4.90 Å². The first-order valence-corrected chi connectivity index (χ1v) is 10.3. The molecule has 0 saturated carbocycles. The van der Waals surface area contributed by atoms with Crippen molar-refractivity contribution in [3.8, 4) is 11.5 Å². The van der Waals surface area contributed by atoms with Gasteiger partial charge in [0, 0.05) is 24.6 Å². The molecule has 0 N–H and O–H groups in total. The van der Waals surface area contributed by atoms with Crippen LogP contribution in [0.2, 0.25) is 0 Å². The van der Waals surface area contributed by atoms with E-state index in [2.05, 4.69) is 0 Å². The van der Waals surface area contributed by atoms with Gasteiger partial charge in [0.25, 0.3) is 5.91 Å². The van der Waals surface area contributed by atoms with Crippen molar-refractivity contribution < 1.29 is 14.3 Å². The molecule has 4 rings (SSSR count). The quantitative estimate of drug-likeness (QED) is 0.556. The number of hydrogen-bond acceptors (Lipinski definition) is 4. The Hall–Kier alpha value is -2.92. The maximum atomic E-state index is 12.9. The second-order valence-corrected chi connectivity index (χ2v) is 7.82. The highest BCUT2D eigenvalue weighted by molar-refractivity contribution is 7.12. The molecule has 3 aromatic rings. The number of nitrogens with zero attached hydrogens (tertiary/aromatic N) is 1. The minimum absolute atomic E-state index is 0.0270. The molecular weight excluding hydrogens is 370 g/mol. The summed E-state index contributed by atoms with van der Waals surface area (Å²) in [6.45, 7) is 1.20. The SMILES string of the molecule is O=C(c1ccc(Oc2ccccc2)cc1)[C@H]1CCCN(C(=O)c2cccs2)C1. The summed E-state index contributed by atoms with van der Waals surface area (Å²) in [5.74, 6) is 1.42. The number of piperidine rings is 1. The third kappa shape index (κ3) is 4.15. The van der Waals surface area contributed by atoms with Gasteiger partial charge in [-0.2, -0.15) is 0 Å². The molecule has 142 valence electrons. The molecule has 1 aliphatic rings. The number of carbonyl (C=O) groups is 2. The molecular formula is C23H21NO3S. The number of Topliss-reactive ketones (excluding diaryl/α,β-unsaturated/α-hetero) is 1. The lowest BCUT2D eigenvalue weighted by Gasteiger charge is -2.31. The molecule has 2 heterocycles.